The summed E-state index contributed by atoms with van der Waals surface area (Å²) in [6, 6.07) is 2.55. The molecule has 0 spiro atoms. The van der Waals surface area contributed by atoms with E-state index in [2.05, 4.69) is 0 Å². The number of carbonyl (C=O) groups is 1. The fraction of sp³-hybridized carbons (Fsp3) is 0.222. The first kappa shape index (κ1) is 9.99. The van der Waals surface area contributed by atoms with E-state index in [1.165, 1.54) is 12.1 Å². The molecule has 0 aliphatic carbocycles. The number of nitrogen functional groups attached to an aromatic ring is 1. The highest BCUT2D eigenvalue weighted by Crippen LogP contribution is 2.17. The van der Waals surface area contributed by atoms with Gasteiger partial charge in [-0.1, -0.05) is 0 Å². The first-order valence-electron chi connectivity index (χ1n) is 3.71. The third kappa shape index (κ3) is 1.98. The van der Waals surface area contributed by atoms with Gasteiger partial charge in [-0.2, -0.15) is 0 Å². The molecular formula is C9H9ClFNO. The SMILES string of the molecule is Cc1cc(F)c(N)cc1C(=O)CCl. The van der Waals surface area contributed by atoms with E-state index >= 15 is 0 Å². The summed E-state index contributed by atoms with van der Waals surface area (Å²) in [5.74, 6) is -0.874. The highest BCUT2D eigenvalue weighted by molar-refractivity contribution is 6.30. The minimum Gasteiger partial charge on any atom is -0.396 e. The number of Topliss-reactive ketones (excluding diaryl/α,β-unsaturated/α-hetero) is 1. The maximum absolute atomic E-state index is 12.9. The van der Waals surface area contributed by atoms with Gasteiger partial charge < -0.3 is 5.73 Å². The molecule has 1 rings (SSSR count). The van der Waals surface area contributed by atoms with Gasteiger partial charge in [0.05, 0.1) is 11.6 Å². The van der Waals surface area contributed by atoms with Crippen LogP contribution < -0.4 is 5.73 Å². The summed E-state index contributed by atoms with van der Waals surface area (Å²) in [7, 11) is 0. The van der Waals surface area contributed by atoms with Crippen molar-refractivity contribution < 1.29 is 9.18 Å². The van der Waals surface area contributed by atoms with Crippen molar-refractivity contribution in [3.63, 3.8) is 0 Å². The van der Waals surface area contributed by atoms with Gasteiger partial charge in [0.15, 0.2) is 5.78 Å². The molecule has 2 nitrogen and oxygen atoms in total. The smallest absolute Gasteiger partial charge is 0.177 e. The molecule has 4 heteroatoms. The quantitative estimate of drug-likeness (QED) is 0.453. The Kier molecular flexibility index (Phi) is 2.88. The molecular weight excluding hydrogens is 193 g/mol. The molecule has 0 aliphatic rings. The Morgan fingerprint density at radius 2 is 2.23 bits per heavy atom. The maximum atomic E-state index is 12.9. The first-order chi connectivity index (χ1) is 6.06. The Labute approximate surface area is 80.5 Å². The Bertz CT molecular complexity index is 352. The van der Waals surface area contributed by atoms with Gasteiger partial charge in [0.1, 0.15) is 5.82 Å². The molecule has 0 aromatic heterocycles. The lowest BCUT2D eigenvalue weighted by molar-refractivity contribution is 0.102. The van der Waals surface area contributed by atoms with Gasteiger partial charge in [0.2, 0.25) is 0 Å². The number of benzene rings is 1. The van der Waals surface area contributed by atoms with Crippen molar-refractivity contribution in [1.82, 2.24) is 0 Å². The topological polar surface area (TPSA) is 43.1 Å². The molecule has 2 N–H and O–H groups in total. The van der Waals surface area contributed by atoms with E-state index in [9.17, 15) is 9.18 Å². The molecule has 0 atom stereocenters. The number of hydrogen-bond acceptors (Lipinski definition) is 2. The third-order valence-electron chi connectivity index (χ3n) is 1.77. The van der Waals surface area contributed by atoms with Crippen molar-refractivity contribution in [1.29, 1.82) is 0 Å². The monoisotopic (exact) mass is 201 g/mol. The summed E-state index contributed by atoms with van der Waals surface area (Å²) in [5.41, 5.74) is 6.22. The van der Waals surface area contributed by atoms with Crippen molar-refractivity contribution in [3.8, 4) is 0 Å². The minimum absolute atomic E-state index is 0.0286. The number of hydrogen-bond donors (Lipinski definition) is 1. The number of alkyl halides is 1. The molecule has 0 aliphatic heterocycles. The average molecular weight is 202 g/mol. The van der Waals surface area contributed by atoms with Gasteiger partial charge in [-0.3, -0.25) is 4.79 Å². The molecule has 0 fully saturated rings. The van der Waals surface area contributed by atoms with Gasteiger partial charge in [-0.15, -0.1) is 11.6 Å². The summed E-state index contributed by atoms with van der Waals surface area (Å²) >= 11 is 5.37. The lowest BCUT2D eigenvalue weighted by atomic mass is 10.0. The summed E-state index contributed by atoms with van der Waals surface area (Å²) in [6.45, 7) is 1.64. The van der Waals surface area contributed by atoms with E-state index in [0.717, 1.165) is 0 Å². The van der Waals surface area contributed by atoms with Crippen LogP contribution in [0.5, 0.6) is 0 Å². The average Bonchev–Trinajstić information content (AvgIpc) is 2.10. The lowest BCUT2D eigenvalue weighted by Gasteiger charge is -2.04. The number of halogens is 2. The number of ketones is 1. The van der Waals surface area contributed by atoms with Crippen LogP contribution in [-0.4, -0.2) is 11.7 Å². The Hall–Kier alpha value is -1.09. The standard InChI is InChI=1S/C9H9ClFNO/c1-5-2-7(11)8(12)3-6(5)9(13)4-10/h2-3H,4,12H2,1H3. The van der Waals surface area contributed by atoms with Crippen LogP contribution in [0.25, 0.3) is 0 Å². The van der Waals surface area contributed by atoms with Gasteiger partial charge in [0.25, 0.3) is 0 Å². The fourth-order valence-corrected chi connectivity index (χ4v) is 1.21. The van der Waals surface area contributed by atoms with Crippen LogP contribution in [0.3, 0.4) is 0 Å². The van der Waals surface area contributed by atoms with Crippen molar-refractivity contribution in [2.45, 2.75) is 6.92 Å². The van der Waals surface area contributed by atoms with Gasteiger partial charge in [0, 0.05) is 5.56 Å². The molecule has 0 saturated heterocycles. The molecule has 0 amide bonds. The van der Waals surface area contributed by atoms with Crippen LogP contribution in [-0.2, 0) is 0 Å². The van der Waals surface area contributed by atoms with Crippen LogP contribution in [0, 0.1) is 12.7 Å². The molecule has 0 bridgehead atoms. The number of nitrogens with two attached hydrogens (primary N) is 1. The largest absolute Gasteiger partial charge is 0.396 e. The molecule has 1 aromatic carbocycles. The Morgan fingerprint density at radius 3 is 2.77 bits per heavy atom. The Morgan fingerprint density at radius 1 is 1.62 bits per heavy atom. The van der Waals surface area contributed by atoms with Gasteiger partial charge >= 0.3 is 0 Å². The van der Waals surface area contributed by atoms with E-state index in [0.29, 0.717) is 11.1 Å². The first-order valence-corrected chi connectivity index (χ1v) is 4.24. The normalized spacial score (nSPS) is 10.1. The molecule has 0 unspecified atom stereocenters. The second-order valence-electron chi connectivity index (χ2n) is 2.75. The van der Waals surface area contributed by atoms with Crippen LogP contribution in [0.2, 0.25) is 0 Å². The molecule has 0 radical (unpaired) electrons. The van der Waals surface area contributed by atoms with E-state index in [4.69, 9.17) is 17.3 Å². The zero-order valence-corrected chi connectivity index (χ0v) is 7.86. The summed E-state index contributed by atoms with van der Waals surface area (Å²) in [4.78, 5) is 11.2. The van der Waals surface area contributed by atoms with Crippen LogP contribution in [0.1, 0.15) is 15.9 Å². The second-order valence-corrected chi connectivity index (χ2v) is 3.01. The van der Waals surface area contributed by atoms with Crippen LogP contribution in [0.15, 0.2) is 12.1 Å². The van der Waals surface area contributed by atoms with E-state index in [1.54, 1.807) is 6.92 Å². The third-order valence-corrected chi connectivity index (χ3v) is 2.01. The summed E-state index contributed by atoms with van der Waals surface area (Å²) in [6.07, 6.45) is 0. The summed E-state index contributed by atoms with van der Waals surface area (Å²) < 4.78 is 12.9. The highest BCUT2D eigenvalue weighted by atomic mass is 35.5. The van der Waals surface area contributed by atoms with Gasteiger partial charge in [-0.25, -0.2) is 4.39 Å². The van der Waals surface area contributed by atoms with E-state index in [-0.39, 0.29) is 17.4 Å². The molecule has 13 heavy (non-hydrogen) atoms. The fourth-order valence-electron chi connectivity index (χ4n) is 1.06. The van der Waals surface area contributed by atoms with Crippen LogP contribution >= 0.6 is 11.6 Å². The zero-order chi connectivity index (χ0) is 10.0. The predicted octanol–water partition coefficient (Wildman–Crippen LogP) is 2.14. The van der Waals surface area contributed by atoms with Gasteiger partial charge in [-0.05, 0) is 24.6 Å². The van der Waals surface area contributed by atoms with Crippen LogP contribution in [0.4, 0.5) is 10.1 Å². The zero-order valence-electron chi connectivity index (χ0n) is 7.10. The molecule has 70 valence electrons. The molecule has 1 aromatic rings. The van der Waals surface area contributed by atoms with Crippen molar-refractivity contribution >= 4 is 23.1 Å². The van der Waals surface area contributed by atoms with E-state index < -0.39 is 5.82 Å². The number of rotatable bonds is 2. The second kappa shape index (κ2) is 3.75. The summed E-state index contributed by atoms with van der Waals surface area (Å²) in [5, 5.41) is 0. The van der Waals surface area contributed by atoms with Crippen molar-refractivity contribution in [2.75, 3.05) is 11.6 Å². The van der Waals surface area contributed by atoms with Crippen molar-refractivity contribution in [3.05, 3.63) is 29.1 Å². The van der Waals surface area contributed by atoms with Crippen molar-refractivity contribution in [2.24, 2.45) is 0 Å². The maximum Gasteiger partial charge on any atom is 0.177 e. The minimum atomic E-state index is -0.511. The lowest BCUT2D eigenvalue weighted by Crippen LogP contribution is -2.05. The highest BCUT2D eigenvalue weighted by Gasteiger charge is 2.10. The van der Waals surface area contributed by atoms with E-state index in [1.807, 2.05) is 0 Å². The number of carbonyl (C=O) groups excluding carboxylic acids is 1. The molecule has 0 saturated carbocycles. The molecule has 0 heterocycles. The predicted molar refractivity (Wildman–Crippen MR) is 50.6 cm³/mol. The number of anilines is 1. The number of aryl methyl sites for hydroxylation is 1. The Balaban J connectivity index is 3.23.